The molecule has 1 aromatic heterocycles. The van der Waals surface area contributed by atoms with Gasteiger partial charge in [-0.25, -0.2) is 4.57 Å². The number of pyridine rings is 1. The van der Waals surface area contributed by atoms with Gasteiger partial charge in [-0.15, -0.1) is 0 Å². The highest BCUT2D eigenvalue weighted by Gasteiger charge is 2.33. The van der Waals surface area contributed by atoms with Crippen molar-refractivity contribution in [3.8, 4) is 5.75 Å². The molecule has 2 aliphatic heterocycles. The topological polar surface area (TPSA) is 37.9 Å². The molecular weight excluding hydrogens is 501 g/mol. The number of aliphatic imine (C=N–C) groups is 1. The summed E-state index contributed by atoms with van der Waals surface area (Å²) < 4.78 is 14.3. The maximum atomic E-state index is 6.11. The summed E-state index contributed by atoms with van der Waals surface area (Å²) in [7, 11) is 0. The monoisotopic (exact) mass is 523 g/mol. The Kier molecular flexibility index (Phi) is 6.66. The van der Waals surface area contributed by atoms with Crippen molar-refractivity contribution in [3.05, 3.63) is 114 Å². The third-order valence-electron chi connectivity index (χ3n) is 5.00. The number of nitrogens with zero attached hydrogens (tertiary/aromatic N) is 3. The van der Waals surface area contributed by atoms with Crippen LogP contribution in [0.5, 0.6) is 5.75 Å². The third kappa shape index (κ3) is 4.80. The highest BCUT2D eigenvalue weighted by molar-refractivity contribution is 6.00. The van der Waals surface area contributed by atoms with Gasteiger partial charge in [0.1, 0.15) is 13.2 Å². The zero-order chi connectivity index (χ0) is 20.2. The van der Waals surface area contributed by atoms with Crippen molar-refractivity contribution in [1.29, 1.82) is 0 Å². The predicted molar refractivity (Wildman–Crippen MR) is 115 cm³/mol. The predicted octanol–water partition coefficient (Wildman–Crippen LogP) is 1.49. The molecule has 0 fully saturated rings. The smallest absolute Gasteiger partial charge is 0.369 e. The number of aromatic nitrogens is 1. The highest BCUT2D eigenvalue weighted by Crippen LogP contribution is 2.29. The SMILES string of the molecule is C1=CN2C[n+]3cccc(OCc4ccccc4)c3N=C2C(OCc2ccccc2)=C1.[I-]. The summed E-state index contributed by atoms with van der Waals surface area (Å²) in [5, 5.41) is 0. The number of hydrogen-bond donors (Lipinski definition) is 0. The van der Waals surface area contributed by atoms with Gasteiger partial charge < -0.3 is 33.5 Å². The Labute approximate surface area is 199 Å². The van der Waals surface area contributed by atoms with Gasteiger partial charge in [0.15, 0.2) is 12.4 Å². The summed E-state index contributed by atoms with van der Waals surface area (Å²) in [5.74, 6) is 3.10. The van der Waals surface area contributed by atoms with Crippen LogP contribution in [-0.2, 0) is 24.6 Å². The minimum Gasteiger partial charge on any atom is -1.00 e. The molecule has 0 aliphatic carbocycles. The van der Waals surface area contributed by atoms with E-state index in [1.165, 1.54) is 0 Å². The summed E-state index contributed by atoms with van der Waals surface area (Å²) in [6.45, 7) is 1.65. The largest absolute Gasteiger partial charge is 1.00 e. The Hall–Kier alpha value is -3.13. The molecule has 0 saturated heterocycles. The zero-order valence-electron chi connectivity index (χ0n) is 16.9. The van der Waals surface area contributed by atoms with Crippen molar-refractivity contribution in [2.24, 2.45) is 4.99 Å². The number of amidine groups is 1. The molecule has 0 amide bonds. The van der Waals surface area contributed by atoms with Crippen molar-refractivity contribution in [2.75, 3.05) is 0 Å². The van der Waals surface area contributed by atoms with E-state index in [9.17, 15) is 0 Å². The van der Waals surface area contributed by atoms with Crippen molar-refractivity contribution >= 4 is 11.7 Å². The van der Waals surface area contributed by atoms with Crippen LogP contribution in [0.15, 0.2) is 108 Å². The molecule has 6 heteroatoms. The number of fused-ring (bicyclic) bond motifs is 2. The summed E-state index contributed by atoms with van der Waals surface area (Å²) in [6, 6.07) is 24.2. The van der Waals surface area contributed by atoms with E-state index >= 15 is 0 Å². The van der Waals surface area contributed by atoms with Gasteiger partial charge in [-0.2, -0.15) is 0 Å². The number of allylic oxidation sites excluding steroid dienone is 2. The van der Waals surface area contributed by atoms with Crippen molar-refractivity contribution in [3.63, 3.8) is 0 Å². The van der Waals surface area contributed by atoms with E-state index in [-0.39, 0.29) is 24.0 Å². The lowest BCUT2D eigenvalue weighted by Crippen LogP contribution is -3.00. The van der Waals surface area contributed by atoms with Crippen molar-refractivity contribution in [1.82, 2.24) is 4.90 Å². The summed E-state index contributed by atoms with van der Waals surface area (Å²) in [4.78, 5) is 6.99. The highest BCUT2D eigenvalue weighted by atomic mass is 127. The molecule has 5 nitrogen and oxygen atoms in total. The van der Waals surface area contributed by atoms with Crippen LogP contribution >= 0.6 is 0 Å². The molecule has 5 rings (SSSR count). The van der Waals surface area contributed by atoms with E-state index in [1.807, 2.05) is 73.1 Å². The van der Waals surface area contributed by atoms with Crippen LogP contribution in [0.25, 0.3) is 0 Å². The lowest BCUT2D eigenvalue weighted by Gasteiger charge is -2.25. The average Bonchev–Trinajstić information content (AvgIpc) is 2.81. The van der Waals surface area contributed by atoms with Crippen LogP contribution in [0.4, 0.5) is 5.82 Å². The van der Waals surface area contributed by atoms with Crippen molar-refractivity contribution < 1.29 is 38.0 Å². The molecule has 31 heavy (non-hydrogen) atoms. The van der Waals surface area contributed by atoms with Gasteiger partial charge in [-0.05, 0) is 40.4 Å². The third-order valence-corrected chi connectivity index (χ3v) is 5.00. The second-order valence-corrected chi connectivity index (χ2v) is 7.13. The minimum absolute atomic E-state index is 0. The van der Waals surface area contributed by atoms with E-state index in [1.54, 1.807) is 0 Å². The average molecular weight is 523 g/mol. The standard InChI is InChI=1S/C25H22N3O2.HI/c1-3-9-20(10-4-1)17-29-22-13-7-15-27-19-28-16-8-14-23(25(28)26-24(22)27)30-18-21-11-5-2-6-12-21;/h1-16H,17-19H2;1H/q+1;/p-1. The molecule has 0 atom stereocenters. The zero-order valence-corrected chi connectivity index (χ0v) is 19.1. The van der Waals surface area contributed by atoms with Crippen LogP contribution in [0, 0.1) is 0 Å². The van der Waals surface area contributed by atoms with E-state index in [2.05, 4.69) is 33.7 Å². The second-order valence-electron chi connectivity index (χ2n) is 7.13. The molecule has 2 aliphatic rings. The minimum atomic E-state index is 0. The van der Waals surface area contributed by atoms with E-state index in [0.29, 0.717) is 19.9 Å². The molecule has 0 saturated carbocycles. The Morgan fingerprint density at radius 2 is 1.52 bits per heavy atom. The number of ether oxygens (including phenoxy) is 2. The Morgan fingerprint density at radius 3 is 2.23 bits per heavy atom. The fraction of sp³-hybridized carbons (Fsp3) is 0.120. The molecular formula is C25H22IN3O2. The van der Waals surface area contributed by atoms with Gasteiger partial charge in [0.05, 0.1) is 6.20 Å². The molecule has 3 aromatic rings. The van der Waals surface area contributed by atoms with Crippen LogP contribution < -0.4 is 33.3 Å². The maximum absolute atomic E-state index is 6.11. The molecule has 2 aromatic carbocycles. The first kappa shape index (κ1) is 21.1. The van der Waals surface area contributed by atoms with E-state index in [0.717, 1.165) is 34.3 Å². The van der Waals surface area contributed by atoms with Gasteiger partial charge in [0.2, 0.25) is 5.75 Å². The number of halogens is 1. The quantitative estimate of drug-likeness (QED) is 0.363. The fourth-order valence-corrected chi connectivity index (χ4v) is 3.47. The molecule has 0 N–H and O–H groups in total. The lowest BCUT2D eigenvalue weighted by molar-refractivity contribution is -0.700. The molecule has 0 bridgehead atoms. The molecule has 0 unspecified atom stereocenters. The van der Waals surface area contributed by atoms with Crippen LogP contribution in [0.2, 0.25) is 0 Å². The molecule has 156 valence electrons. The molecule has 3 heterocycles. The van der Waals surface area contributed by atoms with Crippen LogP contribution in [0.1, 0.15) is 11.1 Å². The summed E-state index contributed by atoms with van der Waals surface area (Å²) >= 11 is 0. The first-order chi connectivity index (χ1) is 14.9. The van der Waals surface area contributed by atoms with Gasteiger partial charge in [-0.1, -0.05) is 60.7 Å². The van der Waals surface area contributed by atoms with Crippen LogP contribution in [-0.4, -0.2) is 10.7 Å². The van der Waals surface area contributed by atoms with E-state index in [4.69, 9.17) is 14.5 Å². The first-order valence-electron chi connectivity index (χ1n) is 9.97. The number of hydrogen-bond acceptors (Lipinski definition) is 4. The Morgan fingerprint density at radius 1 is 0.839 bits per heavy atom. The first-order valence-corrected chi connectivity index (χ1v) is 9.97. The van der Waals surface area contributed by atoms with Crippen molar-refractivity contribution in [2.45, 2.75) is 19.9 Å². The lowest BCUT2D eigenvalue weighted by atomic mass is 10.2. The summed E-state index contributed by atoms with van der Waals surface area (Å²) in [6.07, 6.45) is 7.98. The second kappa shape index (κ2) is 9.78. The maximum Gasteiger partial charge on any atom is 0.369 e. The van der Waals surface area contributed by atoms with Gasteiger partial charge in [0, 0.05) is 6.20 Å². The van der Waals surface area contributed by atoms with Gasteiger partial charge in [-0.3, -0.25) is 4.90 Å². The molecule has 0 radical (unpaired) electrons. The van der Waals surface area contributed by atoms with Gasteiger partial charge >= 0.3 is 5.82 Å². The van der Waals surface area contributed by atoms with Gasteiger partial charge in [0.25, 0.3) is 5.84 Å². The Bertz CT molecular complexity index is 1130. The number of rotatable bonds is 6. The fourth-order valence-electron chi connectivity index (χ4n) is 3.47. The Balaban J connectivity index is 0.00000231. The normalized spacial score (nSPS) is 13.9. The van der Waals surface area contributed by atoms with E-state index < -0.39 is 0 Å². The van der Waals surface area contributed by atoms with Crippen LogP contribution in [0.3, 0.4) is 0 Å². The number of benzene rings is 2. The molecule has 0 spiro atoms. The summed E-state index contributed by atoms with van der Waals surface area (Å²) in [5.41, 5.74) is 2.25.